The van der Waals surface area contributed by atoms with Crippen molar-refractivity contribution in [3.8, 4) is 11.5 Å². The fourth-order valence-corrected chi connectivity index (χ4v) is 2.77. The van der Waals surface area contributed by atoms with Crippen LogP contribution in [0.25, 0.3) is 0 Å². The largest absolute Gasteiger partial charge is 0.504 e. The van der Waals surface area contributed by atoms with Gasteiger partial charge in [0.2, 0.25) is 0 Å². The van der Waals surface area contributed by atoms with E-state index in [0.29, 0.717) is 17.5 Å². The van der Waals surface area contributed by atoms with Crippen LogP contribution in [0.5, 0.6) is 11.5 Å². The highest BCUT2D eigenvalue weighted by molar-refractivity contribution is 5.50. The molecule has 20 heavy (non-hydrogen) atoms. The van der Waals surface area contributed by atoms with Crippen molar-refractivity contribution < 1.29 is 9.84 Å². The van der Waals surface area contributed by atoms with Crippen LogP contribution in [-0.2, 0) is 11.8 Å². The van der Waals surface area contributed by atoms with Crippen molar-refractivity contribution in [3.05, 3.63) is 23.3 Å². The number of phenols is 1. The molecule has 2 rings (SSSR count). The number of nitrogens with one attached hydrogen (secondary N) is 1. The van der Waals surface area contributed by atoms with E-state index < -0.39 is 0 Å². The standard InChI is InChI=1S/C17H27NO2/c1-17(2,3)13-9-12(16(19)15(11-13)20-4)10-14-7-5-6-8-18-14/h9,11,14,18-19H,5-8,10H2,1-4H3. The van der Waals surface area contributed by atoms with Gasteiger partial charge in [-0.3, -0.25) is 0 Å². The summed E-state index contributed by atoms with van der Waals surface area (Å²) in [5.41, 5.74) is 2.25. The van der Waals surface area contributed by atoms with Gasteiger partial charge < -0.3 is 15.2 Å². The lowest BCUT2D eigenvalue weighted by Crippen LogP contribution is -2.35. The molecule has 0 spiro atoms. The van der Waals surface area contributed by atoms with Gasteiger partial charge in [0.05, 0.1) is 7.11 Å². The van der Waals surface area contributed by atoms with E-state index in [1.54, 1.807) is 7.11 Å². The number of hydrogen-bond acceptors (Lipinski definition) is 3. The lowest BCUT2D eigenvalue weighted by Gasteiger charge is -2.26. The Bertz CT molecular complexity index is 457. The topological polar surface area (TPSA) is 41.5 Å². The number of benzene rings is 1. The molecule has 0 saturated carbocycles. The maximum Gasteiger partial charge on any atom is 0.161 e. The lowest BCUT2D eigenvalue weighted by molar-refractivity contribution is 0.360. The molecule has 0 radical (unpaired) electrons. The summed E-state index contributed by atoms with van der Waals surface area (Å²) in [6.45, 7) is 7.63. The van der Waals surface area contributed by atoms with Gasteiger partial charge in [-0.05, 0) is 48.4 Å². The second kappa shape index (κ2) is 6.04. The van der Waals surface area contributed by atoms with Crippen LogP contribution in [0.1, 0.15) is 51.2 Å². The third-order valence-corrected chi connectivity index (χ3v) is 4.12. The molecule has 3 nitrogen and oxygen atoms in total. The predicted molar refractivity (Wildman–Crippen MR) is 82.7 cm³/mol. The van der Waals surface area contributed by atoms with E-state index in [2.05, 4.69) is 32.2 Å². The van der Waals surface area contributed by atoms with Gasteiger partial charge in [-0.15, -0.1) is 0 Å². The fourth-order valence-electron chi connectivity index (χ4n) is 2.77. The molecule has 0 aromatic heterocycles. The number of ether oxygens (including phenoxy) is 1. The Morgan fingerprint density at radius 3 is 2.60 bits per heavy atom. The average molecular weight is 277 g/mol. The maximum atomic E-state index is 10.4. The average Bonchev–Trinajstić information content (AvgIpc) is 2.41. The molecule has 2 N–H and O–H groups in total. The van der Waals surface area contributed by atoms with E-state index in [1.165, 1.54) is 24.8 Å². The minimum absolute atomic E-state index is 0.0513. The summed E-state index contributed by atoms with van der Waals surface area (Å²) in [6.07, 6.45) is 4.58. The van der Waals surface area contributed by atoms with Gasteiger partial charge in [-0.25, -0.2) is 0 Å². The van der Waals surface area contributed by atoms with Gasteiger partial charge in [0.25, 0.3) is 0 Å². The van der Waals surface area contributed by atoms with Crippen molar-refractivity contribution >= 4 is 0 Å². The first-order chi connectivity index (χ1) is 9.41. The fraction of sp³-hybridized carbons (Fsp3) is 0.647. The smallest absolute Gasteiger partial charge is 0.161 e. The van der Waals surface area contributed by atoms with Crippen molar-refractivity contribution in [2.45, 2.75) is 57.9 Å². The molecule has 1 atom stereocenters. The highest BCUT2D eigenvalue weighted by Crippen LogP contribution is 2.36. The number of piperidine rings is 1. The van der Waals surface area contributed by atoms with Crippen molar-refractivity contribution in [2.75, 3.05) is 13.7 Å². The number of rotatable bonds is 3. The second-order valence-electron chi connectivity index (χ2n) is 6.79. The van der Waals surface area contributed by atoms with Crippen LogP contribution < -0.4 is 10.1 Å². The Hall–Kier alpha value is -1.22. The van der Waals surface area contributed by atoms with E-state index in [0.717, 1.165) is 18.5 Å². The number of aromatic hydroxyl groups is 1. The van der Waals surface area contributed by atoms with Crippen LogP contribution in [0.4, 0.5) is 0 Å². The Balaban J connectivity index is 2.30. The molecule has 1 fully saturated rings. The first-order valence-electron chi connectivity index (χ1n) is 7.55. The molecule has 1 unspecified atom stereocenters. The monoisotopic (exact) mass is 277 g/mol. The minimum Gasteiger partial charge on any atom is -0.504 e. The summed E-state index contributed by atoms with van der Waals surface area (Å²) in [6, 6.07) is 4.55. The van der Waals surface area contributed by atoms with Crippen LogP contribution in [0, 0.1) is 0 Å². The zero-order valence-electron chi connectivity index (χ0n) is 13.1. The predicted octanol–water partition coefficient (Wildman–Crippen LogP) is 3.38. The van der Waals surface area contributed by atoms with Crippen molar-refractivity contribution in [1.82, 2.24) is 5.32 Å². The van der Waals surface area contributed by atoms with E-state index >= 15 is 0 Å². The summed E-state index contributed by atoms with van der Waals surface area (Å²) < 4.78 is 5.34. The Morgan fingerprint density at radius 1 is 1.30 bits per heavy atom. The SMILES string of the molecule is COc1cc(C(C)(C)C)cc(CC2CCCCN2)c1O. The van der Waals surface area contributed by atoms with Gasteiger partial charge >= 0.3 is 0 Å². The third-order valence-electron chi connectivity index (χ3n) is 4.12. The molecule has 0 bridgehead atoms. The molecule has 1 aromatic carbocycles. The van der Waals surface area contributed by atoms with E-state index in [-0.39, 0.29) is 5.41 Å². The third kappa shape index (κ3) is 3.45. The molecule has 1 aromatic rings. The second-order valence-corrected chi connectivity index (χ2v) is 6.79. The summed E-state index contributed by atoms with van der Waals surface area (Å²) in [4.78, 5) is 0. The quantitative estimate of drug-likeness (QED) is 0.890. The number of hydrogen-bond donors (Lipinski definition) is 2. The minimum atomic E-state index is 0.0513. The molecule has 0 amide bonds. The summed E-state index contributed by atoms with van der Waals surface area (Å²) in [5.74, 6) is 0.885. The van der Waals surface area contributed by atoms with Gasteiger partial charge in [0, 0.05) is 6.04 Å². The molecular weight excluding hydrogens is 250 g/mol. The van der Waals surface area contributed by atoms with E-state index in [4.69, 9.17) is 4.74 Å². The maximum absolute atomic E-state index is 10.4. The molecule has 0 aliphatic carbocycles. The molecule has 3 heteroatoms. The zero-order chi connectivity index (χ0) is 14.8. The van der Waals surface area contributed by atoms with Gasteiger partial charge in [-0.2, -0.15) is 0 Å². The van der Waals surface area contributed by atoms with Gasteiger partial charge in [0.1, 0.15) is 0 Å². The lowest BCUT2D eigenvalue weighted by atomic mass is 9.84. The highest BCUT2D eigenvalue weighted by atomic mass is 16.5. The van der Waals surface area contributed by atoms with Crippen LogP contribution in [0.3, 0.4) is 0 Å². The first-order valence-corrected chi connectivity index (χ1v) is 7.55. The van der Waals surface area contributed by atoms with Crippen LogP contribution in [-0.4, -0.2) is 24.8 Å². The van der Waals surface area contributed by atoms with Crippen molar-refractivity contribution in [1.29, 1.82) is 0 Å². The normalized spacial score (nSPS) is 19.9. The molecular formula is C17H27NO2. The molecule has 1 heterocycles. The Labute approximate surface area is 122 Å². The van der Waals surface area contributed by atoms with Gasteiger partial charge in [-0.1, -0.05) is 33.3 Å². The van der Waals surface area contributed by atoms with Gasteiger partial charge in [0.15, 0.2) is 11.5 Å². The van der Waals surface area contributed by atoms with Crippen molar-refractivity contribution in [2.24, 2.45) is 0 Å². The number of phenolic OH excluding ortho intramolecular Hbond substituents is 1. The van der Waals surface area contributed by atoms with Crippen molar-refractivity contribution in [3.63, 3.8) is 0 Å². The zero-order valence-corrected chi connectivity index (χ0v) is 13.1. The molecule has 112 valence electrons. The first kappa shape index (κ1) is 15.2. The van der Waals surface area contributed by atoms with Crippen LogP contribution in [0.2, 0.25) is 0 Å². The van der Waals surface area contributed by atoms with Crippen LogP contribution in [0.15, 0.2) is 12.1 Å². The van der Waals surface area contributed by atoms with E-state index in [9.17, 15) is 5.11 Å². The molecule has 1 saturated heterocycles. The van der Waals surface area contributed by atoms with E-state index in [1.807, 2.05) is 6.07 Å². The summed E-state index contributed by atoms with van der Waals surface area (Å²) in [7, 11) is 1.62. The molecule has 1 aliphatic heterocycles. The van der Waals surface area contributed by atoms with Crippen LogP contribution >= 0.6 is 0 Å². The summed E-state index contributed by atoms with van der Waals surface area (Å²) in [5, 5.41) is 13.9. The Morgan fingerprint density at radius 2 is 2.05 bits per heavy atom. The summed E-state index contributed by atoms with van der Waals surface area (Å²) >= 11 is 0. The Kier molecular flexibility index (Phi) is 4.59. The molecule has 1 aliphatic rings. The number of methoxy groups -OCH3 is 1. The highest BCUT2D eigenvalue weighted by Gasteiger charge is 2.21.